The Kier molecular flexibility index (Phi) is 4.43. The fraction of sp³-hybridized carbons (Fsp3) is 0.533. The summed E-state index contributed by atoms with van der Waals surface area (Å²) in [5.74, 6) is 0. The Balaban J connectivity index is 1.97. The lowest BCUT2D eigenvalue weighted by Gasteiger charge is -2.22. The Labute approximate surface area is 115 Å². The van der Waals surface area contributed by atoms with E-state index in [2.05, 4.69) is 12.2 Å². The van der Waals surface area contributed by atoms with Gasteiger partial charge in [-0.2, -0.15) is 0 Å². The number of benzene rings is 1. The summed E-state index contributed by atoms with van der Waals surface area (Å²) in [4.78, 5) is 14.1. The maximum Gasteiger partial charge on any atom is 0.322 e. The van der Waals surface area contributed by atoms with E-state index < -0.39 is 0 Å². The molecule has 1 fully saturated rings. The number of nitrogens with one attached hydrogen (secondary N) is 1. The van der Waals surface area contributed by atoms with E-state index in [1.165, 1.54) is 0 Å². The Morgan fingerprint density at radius 1 is 1.42 bits per heavy atom. The van der Waals surface area contributed by atoms with Gasteiger partial charge in [-0.1, -0.05) is 19.1 Å². The van der Waals surface area contributed by atoms with Gasteiger partial charge in [0.05, 0.1) is 0 Å². The number of nitrogens with zero attached hydrogens (tertiary/aromatic N) is 1. The second kappa shape index (κ2) is 6.06. The number of urea groups is 1. The highest BCUT2D eigenvalue weighted by Crippen LogP contribution is 2.27. The minimum atomic E-state index is 0.0119. The van der Waals surface area contributed by atoms with Crippen molar-refractivity contribution >= 4 is 11.7 Å². The minimum Gasteiger partial charge on any atom is -0.324 e. The molecular formula is C15H23N3O. The summed E-state index contributed by atoms with van der Waals surface area (Å²) in [6.07, 6.45) is 3.27. The van der Waals surface area contributed by atoms with Crippen LogP contribution in [-0.2, 0) is 0 Å². The van der Waals surface area contributed by atoms with Crippen molar-refractivity contribution in [3.63, 3.8) is 0 Å². The molecule has 2 rings (SSSR count). The first-order valence-corrected chi connectivity index (χ1v) is 7.05. The predicted molar refractivity (Wildman–Crippen MR) is 78.1 cm³/mol. The first-order chi connectivity index (χ1) is 9.11. The molecular weight excluding hydrogens is 238 g/mol. The summed E-state index contributed by atoms with van der Waals surface area (Å²) in [7, 11) is 0. The van der Waals surface area contributed by atoms with Gasteiger partial charge in [-0.3, -0.25) is 0 Å². The Hall–Kier alpha value is -1.55. The zero-order valence-electron chi connectivity index (χ0n) is 11.7. The lowest BCUT2D eigenvalue weighted by Crippen LogP contribution is -2.37. The molecule has 1 aliphatic rings. The summed E-state index contributed by atoms with van der Waals surface area (Å²) in [5, 5.41) is 2.96. The van der Waals surface area contributed by atoms with Crippen LogP contribution in [0.25, 0.3) is 0 Å². The molecule has 4 nitrogen and oxygen atoms in total. The molecule has 0 aromatic heterocycles. The third-order valence-corrected chi connectivity index (χ3v) is 3.40. The lowest BCUT2D eigenvalue weighted by atomic mass is 10.1. The van der Waals surface area contributed by atoms with E-state index in [0.717, 1.165) is 37.1 Å². The molecule has 0 spiro atoms. The van der Waals surface area contributed by atoms with Crippen molar-refractivity contribution < 1.29 is 4.79 Å². The molecule has 0 heterocycles. The van der Waals surface area contributed by atoms with Gasteiger partial charge in [0.25, 0.3) is 0 Å². The molecule has 1 aromatic rings. The molecule has 2 amide bonds. The second-order valence-electron chi connectivity index (χ2n) is 5.27. The van der Waals surface area contributed by atoms with Gasteiger partial charge < -0.3 is 16.0 Å². The van der Waals surface area contributed by atoms with Crippen LogP contribution in [0.4, 0.5) is 10.5 Å². The number of carbonyl (C=O) groups is 1. The Morgan fingerprint density at radius 2 is 2.05 bits per heavy atom. The van der Waals surface area contributed by atoms with E-state index in [4.69, 9.17) is 5.73 Å². The predicted octanol–water partition coefficient (Wildman–Crippen LogP) is 3.11. The van der Waals surface area contributed by atoms with E-state index in [-0.39, 0.29) is 12.1 Å². The topological polar surface area (TPSA) is 58.4 Å². The number of anilines is 1. The van der Waals surface area contributed by atoms with Crippen molar-refractivity contribution in [2.45, 2.75) is 45.2 Å². The fourth-order valence-electron chi connectivity index (χ4n) is 2.14. The number of nitrogens with two attached hydrogens (primary N) is 1. The second-order valence-corrected chi connectivity index (χ2v) is 5.27. The molecule has 1 aliphatic carbocycles. The number of amides is 2. The van der Waals surface area contributed by atoms with Gasteiger partial charge in [0.2, 0.25) is 0 Å². The van der Waals surface area contributed by atoms with Crippen LogP contribution < -0.4 is 11.1 Å². The molecule has 0 bridgehead atoms. The number of hydrogen-bond donors (Lipinski definition) is 2. The third kappa shape index (κ3) is 3.70. The minimum absolute atomic E-state index is 0.0119. The molecule has 19 heavy (non-hydrogen) atoms. The molecule has 0 aliphatic heterocycles. The van der Waals surface area contributed by atoms with Crippen LogP contribution in [0.3, 0.4) is 0 Å². The zero-order valence-corrected chi connectivity index (χ0v) is 11.7. The largest absolute Gasteiger partial charge is 0.324 e. The number of rotatable bonds is 5. The van der Waals surface area contributed by atoms with E-state index in [9.17, 15) is 4.79 Å². The molecule has 1 aromatic carbocycles. The highest BCUT2D eigenvalue weighted by Gasteiger charge is 2.31. The van der Waals surface area contributed by atoms with Crippen LogP contribution in [0.2, 0.25) is 0 Å². The van der Waals surface area contributed by atoms with Crippen molar-refractivity contribution in [1.82, 2.24) is 4.90 Å². The average molecular weight is 261 g/mol. The van der Waals surface area contributed by atoms with Gasteiger partial charge in [-0.05, 0) is 43.9 Å². The Morgan fingerprint density at radius 3 is 2.53 bits per heavy atom. The summed E-state index contributed by atoms with van der Waals surface area (Å²) in [6.45, 7) is 4.87. The van der Waals surface area contributed by atoms with E-state index in [1.807, 2.05) is 36.1 Å². The van der Waals surface area contributed by atoms with Gasteiger partial charge in [0.15, 0.2) is 0 Å². The maximum atomic E-state index is 12.2. The fourth-order valence-corrected chi connectivity index (χ4v) is 2.14. The molecule has 1 atom stereocenters. The lowest BCUT2D eigenvalue weighted by molar-refractivity contribution is 0.209. The highest BCUT2D eigenvalue weighted by molar-refractivity contribution is 5.89. The summed E-state index contributed by atoms with van der Waals surface area (Å²) < 4.78 is 0. The van der Waals surface area contributed by atoms with Crippen LogP contribution in [0.5, 0.6) is 0 Å². The molecule has 4 heteroatoms. The first kappa shape index (κ1) is 13.9. The van der Waals surface area contributed by atoms with Gasteiger partial charge in [-0.25, -0.2) is 4.79 Å². The van der Waals surface area contributed by atoms with Gasteiger partial charge in [-0.15, -0.1) is 0 Å². The van der Waals surface area contributed by atoms with Crippen LogP contribution in [0.15, 0.2) is 24.3 Å². The average Bonchev–Trinajstić information content (AvgIpc) is 3.20. The first-order valence-electron chi connectivity index (χ1n) is 7.05. The standard InChI is InChI=1S/C15H23N3O/c1-3-10-18(14-8-9-14)15(19)17-13-6-4-12(5-7-13)11(2)16/h4-7,11,14H,3,8-10,16H2,1-2H3,(H,17,19). The molecule has 1 unspecified atom stereocenters. The molecule has 0 saturated heterocycles. The van der Waals surface area contributed by atoms with Crippen molar-refractivity contribution in [2.75, 3.05) is 11.9 Å². The van der Waals surface area contributed by atoms with Crippen LogP contribution >= 0.6 is 0 Å². The van der Waals surface area contributed by atoms with Crippen LogP contribution in [-0.4, -0.2) is 23.5 Å². The van der Waals surface area contributed by atoms with Crippen molar-refractivity contribution in [3.8, 4) is 0 Å². The molecule has 1 saturated carbocycles. The highest BCUT2D eigenvalue weighted by atomic mass is 16.2. The maximum absolute atomic E-state index is 12.2. The van der Waals surface area contributed by atoms with Crippen LogP contribution in [0.1, 0.15) is 44.7 Å². The third-order valence-electron chi connectivity index (χ3n) is 3.40. The zero-order chi connectivity index (χ0) is 13.8. The summed E-state index contributed by atoms with van der Waals surface area (Å²) in [6, 6.07) is 8.22. The molecule has 3 N–H and O–H groups in total. The van der Waals surface area contributed by atoms with Gasteiger partial charge >= 0.3 is 6.03 Å². The molecule has 0 radical (unpaired) electrons. The monoisotopic (exact) mass is 261 g/mol. The normalized spacial score (nSPS) is 15.9. The van der Waals surface area contributed by atoms with Gasteiger partial charge in [0, 0.05) is 24.3 Å². The summed E-state index contributed by atoms with van der Waals surface area (Å²) >= 11 is 0. The SMILES string of the molecule is CCCN(C(=O)Nc1ccc(C(C)N)cc1)C1CC1. The molecule has 104 valence electrons. The van der Waals surface area contributed by atoms with Crippen molar-refractivity contribution in [3.05, 3.63) is 29.8 Å². The van der Waals surface area contributed by atoms with Crippen LogP contribution in [0, 0.1) is 0 Å². The number of hydrogen-bond acceptors (Lipinski definition) is 2. The van der Waals surface area contributed by atoms with E-state index in [0.29, 0.717) is 6.04 Å². The van der Waals surface area contributed by atoms with E-state index >= 15 is 0 Å². The summed E-state index contributed by atoms with van der Waals surface area (Å²) in [5.41, 5.74) is 7.71. The van der Waals surface area contributed by atoms with E-state index in [1.54, 1.807) is 0 Å². The van der Waals surface area contributed by atoms with Crippen molar-refractivity contribution in [1.29, 1.82) is 0 Å². The quantitative estimate of drug-likeness (QED) is 0.855. The van der Waals surface area contributed by atoms with Gasteiger partial charge in [0.1, 0.15) is 0 Å². The van der Waals surface area contributed by atoms with Crippen molar-refractivity contribution in [2.24, 2.45) is 5.73 Å². The Bertz CT molecular complexity index is 424. The number of carbonyl (C=O) groups excluding carboxylic acids is 1. The smallest absolute Gasteiger partial charge is 0.322 e.